The maximum absolute atomic E-state index is 13.2. The number of rotatable bonds is 10. The van der Waals surface area contributed by atoms with E-state index in [1.807, 2.05) is 49.4 Å². The molecule has 0 fully saturated rings. The van der Waals surface area contributed by atoms with Crippen LogP contribution in [0.15, 0.2) is 66.7 Å². The number of phenols is 1. The van der Waals surface area contributed by atoms with Gasteiger partial charge in [0.25, 0.3) is 0 Å². The first-order chi connectivity index (χ1) is 15.5. The lowest BCUT2D eigenvalue weighted by atomic mass is 9.99. The summed E-state index contributed by atoms with van der Waals surface area (Å²) in [5.74, 6) is -0.343. The lowest BCUT2D eigenvalue weighted by Crippen LogP contribution is -2.00. The number of benzene rings is 3. The van der Waals surface area contributed by atoms with E-state index < -0.39 is 5.97 Å². The maximum atomic E-state index is 13.2. The Bertz CT molecular complexity index is 1090. The normalized spacial score (nSPS) is 11.1. The summed E-state index contributed by atoms with van der Waals surface area (Å²) >= 11 is 0. The molecule has 0 saturated heterocycles. The van der Waals surface area contributed by atoms with E-state index in [0.29, 0.717) is 37.2 Å². The van der Waals surface area contributed by atoms with Crippen molar-refractivity contribution in [3.05, 3.63) is 89.2 Å². The van der Waals surface area contributed by atoms with Gasteiger partial charge in [-0.3, -0.25) is 4.79 Å². The molecule has 0 spiro atoms. The Morgan fingerprint density at radius 3 is 2.53 bits per heavy atom. The molecule has 0 aliphatic rings. The number of carboxylic acids is 1. The summed E-state index contributed by atoms with van der Waals surface area (Å²) < 4.78 is 19.1. The number of ether oxygens (including phenoxy) is 1. The monoisotopic (exact) mass is 434 g/mol. The lowest BCUT2D eigenvalue weighted by molar-refractivity contribution is -0.136. The first kappa shape index (κ1) is 23.1. The van der Waals surface area contributed by atoms with E-state index in [2.05, 4.69) is 0 Å². The average Bonchev–Trinajstić information content (AvgIpc) is 2.79. The number of aromatic hydroxyl groups is 1. The zero-order valence-electron chi connectivity index (χ0n) is 18.1. The zero-order valence-corrected chi connectivity index (χ0v) is 18.1. The Hall–Kier alpha value is -3.60. The van der Waals surface area contributed by atoms with Crippen LogP contribution in [0.1, 0.15) is 36.5 Å². The van der Waals surface area contributed by atoms with Crippen molar-refractivity contribution in [2.24, 2.45) is 0 Å². The first-order valence-corrected chi connectivity index (χ1v) is 10.7. The SMILES string of the molecule is CCc1c(OCCC=Cc2ccccc2CCC(=O)O)ccc(-c2ccc(F)cc2)c1O. The molecule has 0 aliphatic heterocycles. The van der Waals surface area contributed by atoms with Gasteiger partial charge in [-0.2, -0.15) is 0 Å². The number of carboxylic acid groups (broad SMARTS) is 1. The third kappa shape index (κ3) is 5.97. The molecular weight excluding hydrogens is 407 g/mol. The van der Waals surface area contributed by atoms with Gasteiger partial charge >= 0.3 is 5.97 Å². The van der Waals surface area contributed by atoms with E-state index in [1.165, 1.54) is 12.1 Å². The van der Waals surface area contributed by atoms with Crippen molar-refractivity contribution in [3.8, 4) is 22.6 Å². The molecule has 0 bridgehead atoms. The van der Waals surface area contributed by atoms with Gasteiger partial charge in [-0.25, -0.2) is 4.39 Å². The third-order valence-corrected chi connectivity index (χ3v) is 5.25. The van der Waals surface area contributed by atoms with Gasteiger partial charge in [0.05, 0.1) is 6.61 Å². The van der Waals surface area contributed by atoms with Crippen LogP contribution in [0.3, 0.4) is 0 Å². The summed E-state index contributed by atoms with van der Waals surface area (Å²) in [5.41, 5.74) is 4.11. The summed E-state index contributed by atoms with van der Waals surface area (Å²) in [6.45, 7) is 2.39. The smallest absolute Gasteiger partial charge is 0.303 e. The van der Waals surface area contributed by atoms with E-state index in [4.69, 9.17) is 9.84 Å². The molecule has 3 rings (SSSR count). The largest absolute Gasteiger partial charge is 0.507 e. The van der Waals surface area contributed by atoms with Crippen molar-refractivity contribution in [3.63, 3.8) is 0 Å². The van der Waals surface area contributed by atoms with Crippen molar-refractivity contribution in [2.45, 2.75) is 32.6 Å². The minimum Gasteiger partial charge on any atom is -0.507 e. The van der Waals surface area contributed by atoms with Gasteiger partial charge < -0.3 is 14.9 Å². The average molecular weight is 435 g/mol. The van der Waals surface area contributed by atoms with Gasteiger partial charge in [-0.1, -0.05) is 55.5 Å². The molecule has 0 radical (unpaired) electrons. The standard InChI is InChI=1S/C27H27FO4/c1-2-23-25(16-15-24(27(23)31)21-10-13-22(28)14-11-21)32-18-6-5-9-19-7-3-4-8-20(19)12-17-26(29)30/h3-5,7-11,13-16,31H,2,6,12,17-18H2,1H3,(H,29,30). The lowest BCUT2D eigenvalue weighted by Gasteiger charge is -2.15. The van der Waals surface area contributed by atoms with E-state index in [0.717, 1.165) is 22.3 Å². The Balaban J connectivity index is 1.63. The van der Waals surface area contributed by atoms with E-state index in [-0.39, 0.29) is 18.0 Å². The van der Waals surface area contributed by atoms with Crippen molar-refractivity contribution < 1.29 is 24.1 Å². The summed E-state index contributed by atoms with van der Waals surface area (Å²) in [6, 6.07) is 17.4. The molecule has 3 aromatic carbocycles. The molecule has 2 N–H and O–H groups in total. The minimum absolute atomic E-state index is 0.102. The molecule has 0 unspecified atom stereocenters. The fourth-order valence-corrected chi connectivity index (χ4v) is 3.57. The second-order valence-electron chi connectivity index (χ2n) is 7.43. The quantitative estimate of drug-likeness (QED) is 0.370. The predicted octanol–water partition coefficient (Wildman–Crippen LogP) is 6.26. The van der Waals surface area contributed by atoms with Crippen molar-refractivity contribution in [1.29, 1.82) is 0 Å². The highest BCUT2D eigenvalue weighted by molar-refractivity contribution is 5.73. The number of phenolic OH excluding ortho intramolecular Hbond substituents is 1. The number of hydrogen-bond acceptors (Lipinski definition) is 3. The van der Waals surface area contributed by atoms with Gasteiger partial charge in [0.2, 0.25) is 0 Å². The molecular formula is C27H27FO4. The molecule has 4 nitrogen and oxygen atoms in total. The van der Waals surface area contributed by atoms with E-state index in [1.54, 1.807) is 18.2 Å². The number of carbonyl (C=O) groups is 1. The summed E-state index contributed by atoms with van der Waals surface area (Å²) in [6.07, 6.45) is 5.84. The summed E-state index contributed by atoms with van der Waals surface area (Å²) in [7, 11) is 0. The van der Waals surface area contributed by atoms with Crippen LogP contribution in [-0.4, -0.2) is 22.8 Å². The summed E-state index contributed by atoms with van der Waals surface area (Å²) in [5, 5.41) is 19.6. The Morgan fingerprint density at radius 1 is 1.06 bits per heavy atom. The molecule has 0 atom stereocenters. The molecule has 32 heavy (non-hydrogen) atoms. The molecule has 0 aliphatic carbocycles. The van der Waals surface area contributed by atoms with Crippen LogP contribution in [0.2, 0.25) is 0 Å². The Morgan fingerprint density at radius 2 is 1.81 bits per heavy atom. The predicted molar refractivity (Wildman–Crippen MR) is 124 cm³/mol. The number of aliphatic carboxylic acids is 1. The first-order valence-electron chi connectivity index (χ1n) is 10.7. The van der Waals surface area contributed by atoms with Gasteiger partial charge in [0.15, 0.2) is 0 Å². The van der Waals surface area contributed by atoms with E-state index in [9.17, 15) is 14.3 Å². The van der Waals surface area contributed by atoms with Crippen LogP contribution in [0.25, 0.3) is 17.2 Å². The fourth-order valence-electron chi connectivity index (χ4n) is 3.57. The molecule has 0 aromatic heterocycles. The van der Waals surface area contributed by atoms with Crippen LogP contribution < -0.4 is 4.74 Å². The molecule has 166 valence electrons. The van der Waals surface area contributed by atoms with Crippen LogP contribution in [-0.2, 0) is 17.6 Å². The fraction of sp³-hybridized carbons (Fsp3) is 0.222. The Labute approximate surface area is 187 Å². The highest BCUT2D eigenvalue weighted by Gasteiger charge is 2.14. The summed E-state index contributed by atoms with van der Waals surface area (Å²) in [4.78, 5) is 10.8. The van der Waals surface area contributed by atoms with Gasteiger partial charge in [-0.05, 0) is 60.2 Å². The molecule has 0 amide bonds. The zero-order chi connectivity index (χ0) is 22.9. The second kappa shape index (κ2) is 11.1. The molecule has 0 saturated carbocycles. The van der Waals surface area contributed by atoms with Crippen LogP contribution in [0.5, 0.6) is 11.5 Å². The highest BCUT2D eigenvalue weighted by Crippen LogP contribution is 2.38. The third-order valence-electron chi connectivity index (χ3n) is 5.25. The van der Waals surface area contributed by atoms with Gasteiger partial charge in [0.1, 0.15) is 17.3 Å². The number of hydrogen-bond donors (Lipinski definition) is 2. The van der Waals surface area contributed by atoms with Crippen molar-refractivity contribution in [1.82, 2.24) is 0 Å². The van der Waals surface area contributed by atoms with Gasteiger partial charge in [0, 0.05) is 17.5 Å². The van der Waals surface area contributed by atoms with Crippen LogP contribution in [0.4, 0.5) is 4.39 Å². The second-order valence-corrected chi connectivity index (χ2v) is 7.43. The molecule has 5 heteroatoms. The highest BCUT2D eigenvalue weighted by atomic mass is 19.1. The van der Waals surface area contributed by atoms with E-state index >= 15 is 0 Å². The number of halogens is 1. The Kier molecular flexibility index (Phi) is 8.03. The molecule has 3 aromatic rings. The van der Waals surface area contributed by atoms with Crippen LogP contribution >= 0.6 is 0 Å². The molecule has 0 heterocycles. The van der Waals surface area contributed by atoms with Crippen molar-refractivity contribution in [2.75, 3.05) is 6.61 Å². The topological polar surface area (TPSA) is 66.8 Å². The van der Waals surface area contributed by atoms with Crippen molar-refractivity contribution >= 4 is 12.0 Å². The van der Waals surface area contributed by atoms with Crippen LogP contribution in [0, 0.1) is 5.82 Å². The minimum atomic E-state index is -0.808. The maximum Gasteiger partial charge on any atom is 0.303 e. The number of aryl methyl sites for hydroxylation is 1. The van der Waals surface area contributed by atoms with Gasteiger partial charge in [-0.15, -0.1) is 0 Å².